The summed E-state index contributed by atoms with van der Waals surface area (Å²) in [5.74, 6) is 0.261. The molecule has 4 rings (SSSR count). The summed E-state index contributed by atoms with van der Waals surface area (Å²) in [6.07, 6.45) is 3.60. The fraction of sp³-hybridized carbons (Fsp3) is 0.429. The van der Waals surface area contributed by atoms with Crippen molar-refractivity contribution in [1.29, 1.82) is 0 Å². The number of ether oxygens (including phenoxy) is 1. The van der Waals surface area contributed by atoms with Crippen LogP contribution in [0.3, 0.4) is 0 Å². The minimum absolute atomic E-state index is 0.00747. The maximum atomic E-state index is 13.2. The molecule has 0 saturated carbocycles. The number of rotatable bonds is 10. The highest BCUT2D eigenvalue weighted by Gasteiger charge is 2.32. The van der Waals surface area contributed by atoms with Crippen LogP contribution in [0.25, 0.3) is 0 Å². The number of piperidine rings is 1. The van der Waals surface area contributed by atoms with Gasteiger partial charge in [-0.05, 0) is 70.0 Å². The fourth-order valence-corrected chi connectivity index (χ4v) is 4.18. The van der Waals surface area contributed by atoms with Gasteiger partial charge in [0.15, 0.2) is 5.82 Å². The molecule has 214 valence electrons. The Morgan fingerprint density at radius 1 is 1.05 bits per heavy atom. The van der Waals surface area contributed by atoms with E-state index in [0.717, 1.165) is 25.9 Å². The number of carbonyl (C=O) groups is 2. The zero-order chi connectivity index (χ0) is 28.7. The molecule has 0 unspecified atom stereocenters. The number of likely N-dealkylation sites (tertiary alicyclic amines) is 1. The molecule has 1 saturated heterocycles. The monoisotopic (exact) mass is 556 g/mol. The Hall–Kier alpha value is -4.06. The zero-order valence-corrected chi connectivity index (χ0v) is 22.7. The van der Waals surface area contributed by atoms with Crippen LogP contribution in [0.4, 0.5) is 30.8 Å². The van der Waals surface area contributed by atoms with Gasteiger partial charge in [0.2, 0.25) is 0 Å². The van der Waals surface area contributed by atoms with Crippen molar-refractivity contribution in [2.75, 3.05) is 42.4 Å². The Morgan fingerprint density at radius 2 is 1.70 bits per heavy atom. The Bertz CT molecular complexity index is 1270. The lowest BCUT2D eigenvalue weighted by molar-refractivity contribution is 0.0840. The number of alkyl halides is 2. The van der Waals surface area contributed by atoms with Gasteiger partial charge < -0.3 is 24.8 Å². The first kappa shape index (κ1) is 28.9. The van der Waals surface area contributed by atoms with E-state index in [4.69, 9.17) is 9.26 Å². The first-order chi connectivity index (χ1) is 19.2. The van der Waals surface area contributed by atoms with Gasteiger partial charge in [-0.15, -0.1) is 0 Å². The van der Waals surface area contributed by atoms with Crippen molar-refractivity contribution in [2.24, 2.45) is 0 Å². The van der Waals surface area contributed by atoms with Gasteiger partial charge in [-0.2, -0.15) is 0 Å². The molecule has 1 aliphatic heterocycles. The fourth-order valence-electron chi connectivity index (χ4n) is 4.18. The molecule has 1 fully saturated rings. The molecule has 0 aliphatic carbocycles. The van der Waals surface area contributed by atoms with Gasteiger partial charge in [-0.3, -0.25) is 10.1 Å². The molecule has 0 spiro atoms. The van der Waals surface area contributed by atoms with Gasteiger partial charge in [0.25, 0.3) is 5.91 Å². The van der Waals surface area contributed by atoms with E-state index in [1.54, 1.807) is 42.6 Å². The van der Waals surface area contributed by atoms with Gasteiger partial charge in [0.1, 0.15) is 36.7 Å². The minimum atomic E-state index is -1.46. The number of benzene rings is 1. The van der Waals surface area contributed by atoms with E-state index in [1.165, 1.54) is 13.0 Å². The summed E-state index contributed by atoms with van der Waals surface area (Å²) in [7, 11) is 0. The minimum Gasteiger partial charge on any atom is -0.489 e. The highest BCUT2D eigenvalue weighted by molar-refractivity contribution is 6.03. The quantitative estimate of drug-likeness (QED) is 0.305. The summed E-state index contributed by atoms with van der Waals surface area (Å²) in [6.45, 7) is 5.81. The highest BCUT2D eigenvalue weighted by atomic mass is 19.1. The van der Waals surface area contributed by atoms with Crippen LogP contribution >= 0.6 is 0 Å². The van der Waals surface area contributed by atoms with Crippen molar-refractivity contribution >= 4 is 29.1 Å². The molecule has 0 atom stereocenters. The van der Waals surface area contributed by atoms with Crippen LogP contribution in [0, 0.1) is 0 Å². The average molecular weight is 557 g/mol. The molecule has 3 N–H and O–H groups in total. The third-order valence-electron chi connectivity index (χ3n) is 6.82. The van der Waals surface area contributed by atoms with Crippen molar-refractivity contribution in [3.05, 3.63) is 60.1 Å². The number of hydrogen-bond donors (Lipinski definition) is 3. The van der Waals surface area contributed by atoms with E-state index < -0.39 is 24.8 Å². The normalized spacial score (nSPS) is 14.7. The van der Waals surface area contributed by atoms with Gasteiger partial charge in [0, 0.05) is 36.6 Å². The number of nitrogens with one attached hydrogen (secondary N) is 3. The van der Waals surface area contributed by atoms with Crippen molar-refractivity contribution in [3.63, 3.8) is 0 Å². The third-order valence-corrected chi connectivity index (χ3v) is 6.82. The van der Waals surface area contributed by atoms with E-state index in [1.807, 2.05) is 0 Å². The molecule has 12 heteroatoms. The number of urea groups is 1. The lowest BCUT2D eigenvalue weighted by atomic mass is 9.91. The van der Waals surface area contributed by atoms with Crippen LogP contribution in [0.15, 0.2) is 53.2 Å². The molecule has 3 aromatic rings. The second kappa shape index (κ2) is 12.9. The first-order valence-corrected chi connectivity index (χ1v) is 13.1. The van der Waals surface area contributed by atoms with Crippen LogP contribution in [0.1, 0.15) is 49.9 Å². The molecule has 3 heterocycles. The van der Waals surface area contributed by atoms with Crippen molar-refractivity contribution in [1.82, 2.24) is 15.0 Å². The largest absolute Gasteiger partial charge is 0.489 e. The Balaban J connectivity index is 1.24. The molecule has 1 aliphatic rings. The summed E-state index contributed by atoms with van der Waals surface area (Å²) < 4.78 is 37.3. The second-order valence-corrected chi connectivity index (χ2v) is 10.3. The first-order valence-electron chi connectivity index (χ1n) is 13.1. The predicted octanol–water partition coefficient (Wildman–Crippen LogP) is 5.41. The van der Waals surface area contributed by atoms with Crippen LogP contribution in [0.2, 0.25) is 0 Å². The highest BCUT2D eigenvalue weighted by Crippen LogP contribution is 2.27. The van der Waals surface area contributed by atoms with E-state index in [0.29, 0.717) is 23.2 Å². The Labute approximate surface area is 231 Å². The van der Waals surface area contributed by atoms with Crippen molar-refractivity contribution < 1.29 is 27.6 Å². The van der Waals surface area contributed by atoms with Crippen molar-refractivity contribution in [2.45, 2.75) is 51.2 Å². The number of aromatic nitrogens is 2. The predicted molar refractivity (Wildman–Crippen MR) is 147 cm³/mol. The summed E-state index contributed by atoms with van der Waals surface area (Å²) in [4.78, 5) is 31.6. The molecule has 1 aromatic carbocycles. The third kappa shape index (κ3) is 7.32. The maximum absolute atomic E-state index is 13.2. The summed E-state index contributed by atoms with van der Waals surface area (Å²) >= 11 is 0. The van der Waals surface area contributed by atoms with Crippen LogP contribution in [0.5, 0.6) is 5.75 Å². The number of carbonyl (C=O) groups excluding carboxylic acids is 2. The number of anilines is 3. The van der Waals surface area contributed by atoms with E-state index in [-0.39, 0.29) is 29.3 Å². The summed E-state index contributed by atoms with van der Waals surface area (Å²) in [5, 5.41) is 11.4. The number of nitrogens with zero attached hydrogens (tertiary/aromatic N) is 3. The van der Waals surface area contributed by atoms with Crippen LogP contribution in [-0.4, -0.2) is 65.6 Å². The number of amides is 3. The molecular weight excluding hydrogens is 522 g/mol. The maximum Gasteiger partial charge on any atom is 0.324 e. The number of halogens is 2. The van der Waals surface area contributed by atoms with E-state index in [2.05, 4.69) is 44.8 Å². The zero-order valence-electron chi connectivity index (χ0n) is 22.7. The second-order valence-electron chi connectivity index (χ2n) is 10.3. The lowest BCUT2D eigenvalue weighted by Gasteiger charge is -2.34. The molecule has 3 amide bonds. The lowest BCUT2D eigenvalue weighted by Crippen LogP contribution is -2.41. The summed E-state index contributed by atoms with van der Waals surface area (Å²) in [6, 6.07) is 11.0. The van der Waals surface area contributed by atoms with Gasteiger partial charge in [-0.1, -0.05) is 5.16 Å². The van der Waals surface area contributed by atoms with Crippen LogP contribution in [-0.2, 0) is 5.41 Å². The molecule has 2 aromatic heterocycles. The average Bonchev–Trinajstić information content (AvgIpc) is 3.43. The molecule has 0 radical (unpaired) electrons. The molecular formula is C28H34F2N6O4. The van der Waals surface area contributed by atoms with E-state index in [9.17, 15) is 18.4 Å². The van der Waals surface area contributed by atoms with Gasteiger partial charge in [0.05, 0.1) is 11.6 Å². The van der Waals surface area contributed by atoms with Crippen LogP contribution < -0.4 is 20.7 Å². The van der Waals surface area contributed by atoms with Gasteiger partial charge in [-0.25, -0.2) is 18.6 Å². The van der Waals surface area contributed by atoms with E-state index >= 15 is 0 Å². The molecule has 10 nitrogen and oxygen atoms in total. The molecule has 40 heavy (non-hydrogen) atoms. The van der Waals surface area contributed by atoms with Crippen molar-refractivity contribution in [3.8, 4) is 5.75 Å². The Kier molecular flexibility index (Phi) is 9.30. The number of hydrogen-bond acceptors (Lipinski definition) is 7. The number of pyridine rings is 1. The van der Waals surface area contributed by atoms with Gasteiger partial charge >= 0.3 is 6.03 Å². The molecule has 0 bridgehead atoms. The standard InChI is InChI=1S/C28H34F2N6O4/c1-18(2)36-12-10-21(11-13-36)39-22-8-9-23(31-15-22)26(37)32-19-4-6-20(7-5-19)33-27(38)34-25-14-24(40-35-25)28(3,16-29)17-30/h4-9,14-15,18,21H,10-13,16-17H2,1-3H3,(H,32,37)(H2,33,34,35,38). The Morgan fingerprint density at radius 3 is 2.27 bits per heavy atom. The topological polar surface area (TPSA) is 122 Å². The smallest absolute Gasteiger partial charge is 0.324 e. The SMILES string of the molecule is CC(C)N1CCC(Oc2ccc(C(=O)Nc3ccc(NC(=O)Nc4cc(C(C)(CF)CF)on4)cc3)nc2)CC1. The summed E-state index contributed by atoms with van der Waals surface area (Å²) in [5.41, 5.74) is -0.268.